The number of nitrogens with zero attached hydrogens (tertiary/aromatic N) is 6. The van der Waals surface area contributed by atoms with Gasteiger partial charge in [0, 0.05) is 37.5 Å². The van der Waals surface area contributed by atoms with E-state index in [0.717, 1.165) is 17.6 Å². The number of nitriles is 1. The number of likely N-dealkylation sites (N-methyl/N-ethyl adjacent to an activating group) is 1. The Labute approximate surface area is 250 Å². The maximum atomic E-state index is 13.1. The topological polar surface area (TPSA) is 121 Å². The summed E-state index contributed by atoms with van der Waals surface area (Å²) in [6, 6.07) is 20.0. The largest absolute Gasteiger partial charge is 0.443 e. The van der Waals surface area contributed by atoms with E-state index in [1.165, 1.54) is 6.33 Å². The summed E-state index contributed by atoms with van der Waals surface area (Å²) in [6.45, 7) is 5.03. The van der Waals surface area contributed by atoms with Gasteiger partial charge >= 0.3 is 5.97 Å². The Bertz CT molecular complexity index is 1680. The van der Waals surface area contributed by atoms with E-state index < -0.39 is 11.9 Å². The van der Waals surface area contributed by atoms with E-state index in [2.05, 4.69) is 21.8 Å². The van der Waals surface area contributed by atoms with Gasteiger partial charge in [-0.3, -0.25) is 19.0 Å². The molecule has 0 radical (unpaired) electrons. The lowest BCUT2D eigenvalue weighted by molar-refractivity contribution is -0.148. The van der Waals surface area contributed by atoms with Crippen LogP contribution in [0.3, 0.4) is 0 Å². The zero-order chi connectivity index (χ0) is 30.5. The lowest BCUT2D eigenvalue weighted by Crippen LogP contribution is -2.52. The molecule has 1 saturated heterocycles. The lowest BCUT2D eigenvalue weighted by Gasteiger charge is -2.42. The first kappa shape index (κ1) is 29.5. The highest BCUT2D eigenvalue weighted by atomic mass is 16.5. The molecule has 0 saturated carbocycles. The molecule has 0 N–H and O–H groups in total. The normalized spacial score (nSPS) is 17.2. The monoisotopic (exact) mass is 578 g/mol. The van der Waals surface area contributed by atoms with Gasteiger partial charge in [0.15, 0.2) is 12.5 Å². The zero-order valence-electron chi connectivity index (χ0n) is 24.5. The molecule has 5 rings (SSSR count). The molecule has 1 aliphatic heterocycles. The minimum atomic E-state index is -0.582. The van der Waals surface area contributed by atoms with Crippen molar-refractivity contribution in [3.8, 4) is 6.07 Å². The number of benzene rings is 2. The van der Waals surface area contributed by atoms with Crippen molar-refractivity contribution < 1.29 is 19.1 Å². The van der Waals surface area contributed by atoms with E-state index in [1.54, 1.807) is 52.9 Å². The lowest BCUT2D eigenvalue weighted by atomic mass is 9.92. The molecule has 10 heteroatoms. The number of hydrogen-bond acceptors (Lipinski definition) is 8. The molecule has 0 bridgehead atoms. The molecule has 1 amide bonds. The van der Waals surface area contributed by atoms with Crippen LogP contribution in [0.5, 0.6) is 0 Å². The van der Waals surface area contributed by atoms with E-state index >= 15 is 0 Å². The second kappa shape index (κ2) is 12.9. The van der Waals surface area contributed by atoms with E-state index in [1.807, 2.05) is 43.4 Å². The molecular formula is C33H34N6O4. The summed E-state index contributed by atoms with van der Waals surface area (Å²) in [5.74, 6) is -0.234. The molecule has 2 aromatic heterocycles. The Morgan fingerprint density at radius 2 is 1.86 bits per heavy atom. The molecule has 1 unspecified atom stereocenters. The average molecular weight is 579 g/mol. The highest BCUT2D eigenvalue weighted by Crippen LogP contribution is 2.30. The summed E-state index contributed by atoms with van der Waals surface area (Å²) in [5, 5.41) is 9.76. The number of piperidine rings is 1. The number of esters is 1. The number of hydrogen-bond donors (Lipinski definition) is 0. The van der Waals surface area contributed by atoms with Gasteiger partial charge in [-0.2, -0.15) is 5.26 Å². The smallest absolute Gasteiger partial charge is 0.314 e. The van der Waals surface area contributed by atoms with Gasteiger partial charge in [0.2, 0.25) is 5.91 Å². The molecule has 220 valence electrons. The van der Waals surface area contributed by atoms with Crippen molar-refractivity contribution in [1.82, 2.24) is 19.4 Å². The molecule has 4 aromatic rings. The van der Waals surface area contributed by atoms with Crippen LogP contribution in [0.4, 0.5) is 5.82 Å². The second-order valence-corrected chi connectivity index (χ2v) is 11.0. The predicted octanol–water partition coefficient (Wildman–Crippen LogP) is 4.55. The molecule has 1 aliphatic rings. The fourth-order valence-electron chi connectivity index (χ4n) is 5.59. The van der Waals surface area contributed by atoms with E-state index in [-0.39, 0.29) is 30.9 Å². The van der Waals surface area contributed by atoms with Gasteiger partial charge < -0.3 is 14.5 Å². The van der Waals surface area contributed by atoms with E-state index in [0.29, 0.717) is 41.3 Å². The van der Waals surface area contributed by atoms with Crippen LogP contribution in [0.1, 0.15) is 54.1 Å². The molecule has 10 nitrogen and oxygen atoms in total. The summed E-state index contributed by atoms with van der Waals surface area (Å²) in [6.07, 6.45) is 4.00. The van der Waals surface area contributed by atoms with Crippen LogP contribution in [0, 0.1) is 17.2 Å². The van der Waals surface area contributed by atoms with E-state index in [9.17, 15) is 14.4 Å². The molecule has 0 spiro atoms. The van der Waals surface area contributed by atoms with Gasteiger partial charge in [-0.1, -0.05) is 55.5 Å². The van der Waals surface area contributed by atoms with Gasteiger partial charge in [0.05, 0.1) is 23.4 Å². The quantitative estimate of drug-likeness (QED) is 0.209. The maximum Gasteiger partial charge on any atom is 0.314 e. The zero-order valence-corrected chi connectivity index (χ0v) is 24.5. The molecule has 0 aliphatic carbocycles. The maximum absolute atomic E-state index is 13.1. The Morgan fingerprint density at radius 1 is 1.09 bits per heavy atom. The molecule has 3 heterocycles. The summed E-state index contributed by atoms with van der Waals surface area (Å²) < 4.78 is 7.44. The van der Waals surface area contributed by atoms with Crippen LogP contribution in [-0.2, 0) is 21.1 Å². The first-order chi connectivity index (χ1) is 20.8. The van der Waals surface area contributed by atoms with Crippen LogP contribution in [0.25, 0.3) is 11.0 Å². The Balaban J connectivity index is 1.28. The van der Waals surface area contributed by atoms with Crippen LogP contribution in [0.2, 0.25) is 0 Å². The van der Waals surface area contributed by atoms with Gasteiger partial charge in [0.1, 0.15) is 24.2 Å². The van der Waals surface area contributed by atoms with Crippen molar-refractivity contribution in [3.63, 3.8) is 0 Å². The number of amides is 1. The van der Waals surface area contributed by atoms with Crippen molar-refractivity contribution >= 4 is 34.5 Å². The number of rotatable bonds is 9. The molecular weight excluding hydrogens is 544 g/mol. The standard InChI is InChI=1S/C33H34N6O4/c1-22-13-16-38(29(40)12-15-34)19-28(22)37(3)31-27-14-17-39(32(27)36-20-35-31)21-43-33(42)23(2)25-10-7-11-26(18-25)30(41)24-8-5-4-6-9-24/h4-11,14,17-18,20,22-23,28H,12-13,16,19,21H2,1-3H3/t22-,23?,28+/m1/s1. The van der Waals surface area contributed by atoms with Crippen molar-refractivity contribution in [2.24, 2.45) is 5.92 Å². The molecule has 43 heavy (non-hydrogen) atoms. The second-order valence-electron chi connectivity index (χ2n) is 11.0. The fourth-order valence-corrected chi connectivity index (χ4v) is 5.59. The summed E-state index contributed by atoms with van der Waals surface area (Å²) in [5.41, 5.74) is 2.41. The highest BCUT2D eigenvalue weighted by molar-refractivity contribution is 6.09. The van der Waals surface area contributed by atoms with Gasteiger partial charge in [-0.25, -0.2) is 9.97 Å². The third-order valence-corrected chi connectivity index (χ3v) is 8.25. The van der Waals surface area contributed by atoms with Crippen molar-refractivity contribution in [3.05, 3.63) is 89.9 Å². The van der Waals surface area contributed by atoms with Gasteiger partial charge in [-0.05, 0) is 37.0 Å². The van der Waals surface area contributed by atoms with Crippen molar-refractivity contribution in [2.75, 3.05) is 25.0 Å². The van der Waals surface area contributed by atoms with Crippen LogP contribution < -0.4 is 4.90 Å². The van der Waals surface area contributed by atoms with E-state index in [4.69, 9.17) is 10.00 Å². The number of ketones is 1. The number of carbonyl (C=O) groups is 3. The summed E-state index contributed by atoms with van der Waals surface area (Å²) in [7, 11) is 1.96. The SMILES string of the molecule is CC(C(=O)OCn1ccc2c(N(C)[C@H]3CN(C(=O)CC#N)CC[C@H]3C)ncnc21)c1cccc(C(=O)c2ccccc2)c1. The van der Waals surface area contributed by atoms with Crippen LogP contribution in [0.15, 0.2) is 73.2 Å². The number of aromatic nitrogens is 3. The van der Waals surface area contributed by atoms with Gasteiger partial charge in [0.25, 0.3) is 0 Å². The van der Waals surface area contributed by atoms with Crippen LogP contribution >= 0.6 is 0 Å². The Morgan fingerprint density at radius 3 is 2.63 bits per heavy atom. The predicted molar refractivity (Wildman–Crippen MR) is 161 cm³/mol. The Hall–Kier alpha value is -5.04. The number of fused-ring (bicyclic) bond motifs is 1. The van der Waals surface area contributed by atoms with Crippen molar-refractivity contribution in [2.45, 2.75) is 45.4 Å². The first-order valence-electron chi connectivity index (χ1n) is 14.3. The third kappa shape index (κ3) is 6.26. The summed E-state index contributed by atoms with van der Waals surface area (Å²) in [4.78, 5) is 51.2. The van der Waals surface area contributed by atoms with Crippen molar-refractivity contribution in [1.29, 1.82) is 5.26 Å². The minimum Gasteiger partial charge on any atom is -0.443 e. The molecule has 3 atom stereocenters. The third-order valence-electron chi connectivity index (χ3n) is 8.25. The van der Waals surface area contributed by atoms with Crippen LogP contribution in [-0.4, -0.2) is 63.3 Å². The highest BCUT2D eigenvalue weighted by Gasteiger charge is 2.33. The molecule has 1 fully saturated rings. The minimum absolute atomic E-state index is 0.0149. The first-order valence-corrected chi connectivity index (χ1v) is 14.3. The number of carbonyl (C=O) groups excluding carboxylic acids is 3. The number of ether oxygens (including phenoxy) is 1. The molecule has 2 aromatic carbocycles. The average Bonchev–Trinajstić information content (AvgIpc) is 3.46. The number of likely N-dealkylation sites (tertiary alicyclic amines) is 1. The van der Waals surface area contributed by atoms with Gasteiger partial charge in [-0.15, -0.1) is 0 Å². The number of anilines is 1. The fraction of sp³-hybridized carbons (Fsp3) is 0.333. The Kier molecular flexibility index (Phi) is 8.81. The summed E-state index contributed by atoms with van der Waals surface area (Å²) >= 11 is 0.